The summed E-state index contributed by atoms with van der Waals surface area (Å²) in [6, 6.07) is 13.4. The van der Waals surface area contributed by atoms with E-state index in [0.29, 0.717) is 18.5 Å². The van der Waals surface area contributed by atoms with Crippen LogP contribution >= 0.6 is 11.3 Å². The zero-order valence-corrected chi connectivity index (χ0v) is 14.5. The number of benzene rings is 2. The molecule has 3 aromatic rings. The Morgan fingerprint density at radius 3 is 2.72 bits per heavy atom. The number of rotatable bonds is 6. The number of carbonyl (C=O) groups is 1. The average Bonchev–Trinajstić information content (AvgIpc) is 3.11. The molecule has 0 aliphatic carbocycles. The lowest BCUT2D eigenvalue weighted by molar-refractivity contribution is -0.116. The van der Waals surface area contributed by atoms with Crippen LogP contribution in [0.2, 0.25) is 0 Å². The molecule has 128 valence electrons. The Balaban J connectivity index is 1.60. The second-order valence-corrected chi connectivity index (χ2v) is 6.26. The quantitative estimate of drug-likeness (QED) is 0.706. The van der Waals surface area contributed by atoms with Crippen LogP contribution in [0.5, 0.6) is 5.75 Å². The molecular weight excluding hydrogens is 339 g/mol. The van der Waals surface area contributed by atoms with Crippen molar-refractivity contribution in [3.05, 3.63) is 65.4 Å². The van der Waals surface area contributed by atoms with Crippen LogP contribution in [0.4, 0.5) is 10.1 Å². The first-order valence-electron chi connectivity index (χ1n) is 7.79. The normalized spacial score (nSPS) is 10.5. The maximum Gasteiger partial charge on any atom is 0.224 e. The van der Waals surface area contributed by atoms with Crippen LogP contribution in [-0.4, -0.2) is 18.0 Å². The summed E-state index contributed by atoms with van der Waals surface area (Å²) in [7, 11) is 1.63. The van der Waals surface area contributed by atoms with Crippen molar-refractivity contribution in [3.8, 4) is 16.3 Å². The summed E-state index contributed by atoms with van der Waals surface area (Å²) < 4.78 is 18.2. The largest absolute Gasteiger partial charge is 0.496 e. The number of methoxy groups -OCH3 is 1. The fourth-order valence-corrected chi connectivity index (χ4v) is 3.25. The number of halogens is 1. The second-order valence-electron chi connectivity index (χ2n) is 5.40. The van der Waals surface area contributed by atoms with E-state index in [9.17, 15) is 9.18 Å². The van der Waals surface area contributed by atoms with Crippen molar-refractivity contribution in [2.45, 2.75) is 12.8 Å². The van der Waals surface area contributed by atoms with Crippen LogP contribution in [0.3, 0.4) is 0 Å². The predicted molar refractivity (Wildman–Crippen MR) is 97.5 cm³/mol. The van der Waals surface area contributed by atoms with Gasteiger partial charge in [0.15, 0.2) is 0 Å². The number of aryl methyl sites for hydroxylation is 1. The van der Waals surface area contributed by atoms with E-state index in [2.05, 4.69) is 10.3 Å². The average molecular weight is 356 g/mol. The van der Waals surface area contributed by atoms with Gasteiger partial charge in [0.05, 0.1) is 18.4 Å². The predicted octanol–water partition coefficient (Wildman–Crippen LogP) is 4.53. The highest BCUT2D eigenvalue weighted by molar-refractivity contribution is 7.13. The Morgan fingerprint density at radius 2 is 1.96 bits per heavy atom. The van der Waals surface area contributed by atoms with Gasteiger partial charge in [-0.2, -0.15) is 0 Å². The number of aromatic nitrogens is 1. The molecular formula is C19H17FN2O2S. The summed E-state index contributed by atoms with van der Waals surface area (Å²) >= 11 is 1.52. The molecule has 0 aliphatic rings. The molecule has 1 aromatic heterocycles. The first-order valence-corrected chi connectivity index (χ1v) is 8.67. The van der Waals surface area contributed by atoms with E-state index in [0.717, 1.165) is 22.0 Å². The van der Waals surface area contributed by atoms with Gasteiger partial charge in [-0.25, -0.2) is 9.37 Å². The van der Waals surface area contributed by atoms with Gasteiger partial charge in [0.25, 0.3) is 0 Å². The molecule has 0 fully saturated rings. The van der Waals surface area contributed by atoms with Gasteiger partial charge in [-0.05, 0) is 42.8 Å². The van der Waals surface area contributed by atoms with Crippen molar-refractivity contribution >= 4 is 22.9 Å². The molecule has 1 heterocycles. The fraction of sp³-hybridized carbons (Fsp3) is 0.158. The maximum absolute atomic E-state index is 12.9. The number of thiazole rings is 1. The summed E-state index contributed by atoms with van der Waals surface area (Å²) in [5.41, 5.74) is 2.39. The molecule has 0 unspecified atom stereocenters. The van der Waals surface area contributed by atoms with Gasteiger partial charge >= 0.3 is 0 Å². The van der Waals surface area contributed by atoms with E-state index < -0.39 is 0 Å². The van der Waals surface area contributed by atoms with Crippen molar-refractivity contribution in [2.75, 3.05) is 12.4 Å². The molecule has 1 N–H and O–H groups in total. The van der Waals surface area contributed by atoms with Gasteiger partial charge in [0, 0.05) is 17.5 Å². The monoisotopic (exact) mass is 356 g/mol. The Hall–Kier alpha value is -2.73. The van der Waals surface area contributed by atoms with Crippen molar-refractivity contribution in [3.63, 3.8) is 0 Å². The van der Waals surface area contributed by atoms with Gasteiger partial charge in [-0.3, -0.25) is 4.79 Å². The Morgan fingerprint density at radius 1 is 1.20 bits per heavy atom. The summed E-state index contributed by atoms with van der Waals surface area (Å²) in [6.07, 6.45) is 0.852. The number of anilines is 1. The molecule has 0 atom stereocenters. The third kappa shape index (κ3) is 4.42. The third-order valence-corrected chi connectivity index (χ3v) is 4.55. The number of amides is 1. The Kier molecular flexibility index (Phi) is 5.40. The van der Waals surface area contributed by atoms with E-state index in [4.69, 9.17) is 4.74 Å². The SMILES string of the molecule is COc1ccccc1-c1nc(CCC(=O)Nc2ccc(F)cc2)cs1. The summed E-state index contributed by atoms with van der Waals surface area (Å²) in [5, 5.41) is 5.56. The number of nitrogens with zero attached hydrogens (tertiary/aromatic N) is 1. The summed E-state index contributed by atoms with van der Waals surface area (Å²) in [5.74, 6) is 0.320. The van der Waals surface area contributed by atoms with Gasteiger partial charge < -0.3 is 10.1 Å². The van der Waals surface area contributed by atoms with Crippen LogP contribution in [0.25, 0.3) is 10.6 Å². The number of para-hydroxylation sites is 1. The number of ether oxygens (including phenoxy) is 1. The molecule has 0 saturated heterocycles. The molecule has 2 aromatic carbocycles. The standard InChI is InChI=1S/C19H17FN2O2S/c1-24-17-5-3-2-4-16(17)19-22-15(12-25-19)10-11-18(23)21-14-8-6-13(20)7-9-14/h2-9,12H,10-11H2,1H3,(H,21,23). The van der Waals surface area contributed by atoms with Crippen molar-refractivity contribution in [2.24, 2.45) is 0 Å². The van der Waals surface area contributed by atoms with E-state index >= 15 is 0 Å². The molecule has 0 saturated carbocycles. The first-order chi connectivity index (χ1) is 12.2. The number of carbonyl (C=O) groups excluding carboxylic acids is 1. The highest BCUT2D eigenvalue weighted by atomic mass is 32.1. The molecule has 0 radical (unpaired) electrons. The Bertz CT molecular complexity index is 862. The molecule has 0 spiro atoms. The van der Waals surface area contributed by atoms with Crippen LogP contribution in [0, 0.1) is 5.82 Å². The highest BCUT2D eigenvalue weighted by Crippen LogP contribution is 2.32. The van der Waals surface area contributed by atoms with E-state index in [1.807, 2.05) is 29.6 Å². The maximum atomic E-state index is 12.9. The molecule has 4 nitrogen and oxygen atoms in total. The van der Waals surface area contributed by atoms with Crippen molar-refractivity contribution < 1.29 is 13.9 Å². The van der Waals surface area contributed by atoms with Gasteiger partial charge in [0.1, 0.15) is 16.6 Å². The molecule has 0 aliphatic heterocycles. The third-order valence-electron chi connectivity index (χ3n) is 3.63. The molecule has 6 heteroatoms. The number of hydrogen-bond donors (Lipinski definition) is 1. The van der Waals surface area contributed by atoms with E-state index in [1.54, 1.807) is 7.11 Å². The highest BCUT2D eigenvalue weighted by Gasteiger charge is 2.11. The number of nitrogens with one attached hydrogen (secondary N) is 1. The lowest BCUT2D eigenvalue weighted by Gasteiger charge is -2.05. The topological polar surface area (TPSA) is 51.2 Å². The van der Waals surface area contributed by atoms with E-state index in [1.165, 1.54) is 35.6 Å². The first kappa shape index (κ1) is 17.1. The van der Waals surface area contributed by atoms with Crippen LogP contribution in [0.15, 0.2) is 53.9 Å². The van der Waals surface area contributed by atoms with Crippen LogP contribution in [-0.2, 0) is 11.2 Å². The second kappa shape index (κ2) is 7.90. The fourth-order valence-electron chi connectivity index (χ4n) is 2.37. The lowest BCUT2D eigenvalue weighted by atomic mass is 10.2. The minimum Gasteiger partial charge on any atom is -0.496 e. The smallest absolute Gasteiger partial charge is 0.224 e. The summed E-state index contributed by atoms with van der Waals surface area (Å²) in [6.45, 7) is 0. The van der Waals surface area contributed by atoms with Crippen LogP contribution < -0.4 is 10.1 Å². The van der Waals surface area contributed by atoms with Crippen molar-refractivity contribution in [1.29, 1.82) is 0 Å². The van der Waals surface area contributed by atoms with Gasteiger partial charge in [-0.1, -0.05) is 12.1 Å². The number of hydrogen-bond acceptors (Lipinski definition) is 4. The summed E-state index contributed by atoms with van der Waals surface area (Å²) in [4.78, 5) is 16.6. The van der Waals surface area contributed by atoms with E-state index in [-0.39, 0.29) is 11.7 Å². The van der Waals surface area contributed by atoms with Crippen LogP contribution in [0.1, 0.15) is 12.1 Å². The minimum absolute atomic E-state index is 0.126. The van der Waals surface area contributed by atoms with Gasteiger partial charge in [-0.15, -0.1) is 11.3 Å². The zero-order valence-electron chi connectivity index (χ0n) is 13.7. The molecule has 1 amide bonds. The molecule has 0 bridgehead atoms. The van der Waals surface area contributed by atoms with Gasteiger partial charge in [0.2, 0.25) is 5.91 Å². The molecule has 25 heavy (non-hydrogen) atoms. The van der Waals surface area contributed by atoms with Crippen molar-refractivity contribution in [1.82, 2.24) is 4.98 Å². The lowest BCUT2D eigenvalue weighted by Crippen LogP contribution is -2.12. The zero-order chi connectivity index (χ0) is 17.6. The minimum atomic E-state index is -0.329. The Labute approximate surface area is 149 Å². The molecule has 3 rings (SSSR count).